The van der Waals surface area contributed by atoms with Gasteiger partial charge in [-0.2, -0.15) is 0 Å². The largest absolute Gasteiger partial charge is 0.508 e. The van der Waals surface area contributed by atoms with Crippen LogP contribution >= 0.6 is 11.6 Å². The Kier molecular flexibility index (Phi) is 4.32. The smallest absolute Gasteiger partial charge is 0.227 e. The highest BCUT2D eigenvalue weighted by Crippen LogP contribution is 2.23. The molecule has 0 radical (unpaired) electrons. The topological polar surface area (TPSA) is 60.8 Å². The van der Waals surface area contributed by atoms with Gasteiger partial charge in [0.1, 0.15) is 5.75 Å². The molecule has 1 saturated heterocycles. The molecule has 1 heterocycles. The van der Waals surface area contributed by atoms with Crippen LogP contribution in [-0.2, 0) is 11.2 Å². The molecular formula is C14H18ClNO3. The minimum absolute atomic E-state index is 0.0430. The zero-order valence-electron chi connectivity index (χ0n) is 10.8. The second kappa shape index (κ2) is 5.80. The van der Waals surface area contributed by atoms with Crippen LogP contribution in [0.4, 0.5) is 0 Å². The molecule has 1 amide bonds. The first kappa shape index (κ1) is 14.2. The normalized spacial score (nSPS) is 23.4. The highest BCUT2D eigenvalue weighted by molar-refractivity contribution is 6.31. The Morgan fingerprint density at radius 1 is 1.53 bits per heavy atom. The van der Waals surface area contributed by atoms with Crippen LogP contribution in [0.15, 0.2) is 18.2 Å². The van der Waals surface area contributed by atoms with E-state index in [-0.39, 0.29) is 24.0 Å². The molecule has 5 heteroatoms. The van der Waals surface area contributed by atoms with E-state index in [1.807, 2.05) is 6.92 Å². The number of hydrogen-bond acceptors (Lipinski definition) is 3. The van der Waals surface area contributed by atoms with Crippen LogP contribution in [0, 0.1) is 5.92 Å². The molecule has 2 N–H and O–H groups in total. The Morgan fingerprint density at radius 2 is 2.26 bits per heavy atom. The lowest BCUT2D eigenvalue weighted by Crippen LogP contribution is -2.46. The Labute approximate surface area is 117 Å². The van der Waals surface area contributed by atoms with E-state index in [0.717, 1.165) is 6.42 Å². The van der Waals surface area contributed by atoms with E-state index in [2.05, 4.69) is 0 Å². The van der Waals surface area contributed by atoms with Crippen molar-refractivity contribution in [1.29, 1.82) is 0 Å². The molecule has 2 unspecified atom stereocenters. The highest BCUT2D eigenvalue weighted by Gasteiger charge is 2.27. The van der Waals surface area contributed by atoms with Gasteiger partial charge in [-0.1, -0.05) is 24.6 Å². The molecule has 1 aliphatic rings. The number of halogens is 1. The molecular weight excluding hydrogens is 266 g/mol. The van der Waals surface area contributed by atoms with E-state index in [0.29, 0.717) is 23.7 Å². The van der Waals surface area contributed by atoms with Crippen molar-refractivity contribution in [1.82, 2.24) is 4.90 Å². The molecule has 0 aliphatic carbocycles. The van der Waals surface area contributed by atoms with Crippen molar-refractivity contribution in [3.05, 3.63) is 28.8 Å². The van der Waals surface area contributed by atoms with Crippen molar-refractivity contribution < 1.29 is 15.0 Å². The number of aliphatic hydroxyl groups excluding tert-OH is 1. The summed E-state index contributed by atoms with van der Waals surface area (Å²) in [5, 5.41) is 19.5. The monoisotopic (exact) mass is 283 g/mol. The number of carbonyl (C=O) groups is 1. The molecule has 1 fully saturated rings. The van der Waals surface area contributed by atoms with E-state index in [1.165, 1.54) is 12.1 Å². The first-order valence-corrected chi connectivity index (χ1v) is 6.78. The number of aliphatic hydroxyl groups is 1. The van der Waals surface area contributed by atoms with Crippen molar-refractivity contribution in [3.8, 4) is 5.75 Å². The molecule has 0 spiro atoms. The molecule has 4 nitrogen and oxygen atoms in total. The number of benzene rings is 1. The Hall–Kier alpha value is -1.26. The summed E-state index contributed by atoms with van der Waals surface area (Å²) in [6.07, 6.45) is 0.559. The standard InChI is InChI=1S/C14H18ClNO3/c1-9-4-5-16(8-13(9)18)14(19)6-10-2-3-11(17)7-12(10)15/h2-3,7,9,13,17-18H,4-6,8H2,1H3. The number of rotatable bonds is 2. The molecule has 0 aromatic heterocycles. The molecule has 0 bridgehead atoms. The second-order valence-electron chi connectivity index (χ2n) is 5.13. The van der Waals surface area contributed by atoms with Gasteiger partial charge < -0.3 is 15.1 Å². The van der Waals surface area contributed by atoms with Gasteiger partial charge in [0.2, 0.25) is 5.91 Å². The number of amides is 1. The summed E-state index contributed by atoms with van der Waals surface area (Å²) in [4.78, 5) is 13.8. The van der Waals surface area contributed by atoms with Gasteiger partial charge in [-0.05, 0) is 30.0 Å². The summed E-state index contributed by atoms with van der Waals surface area (Å²) in [5.41, 5.74) is 0.692. The first-order chi connectivity index (χ1) is 8.97. The number of nitrogens with zero attached hydrogens (tertiary/aromatic N) is 1. The van der Waals surface area contributed by atoms with Gasteiger partial charge in [0, 0.05) is 18.1 Å². The SMILES string of the molecule is CC1CCN(C(=O)Cc2ccc(O)cc2Cl)CC1O. The minimum atomic E-state index is -0.451. The van der Waals surface area contributed by atoms with Crippen LogP contribution in [-0.4, -0.2) is 40.2 Å². The molecule has 1 aromatic carbocycles. The molecule has 0 saturated carbocycles. The lowest BCUT2D eigenvalue weighted by atomic mass is 9.95. The van der Waals surface area contributed by atoms with Crippen molar-refractivity contribution in [3.63, 3.8) is 0 Å². The summed E-state index contributed by atoms with van der Waals surface area (Å²) >= 11 is 5.98. The van der Waals surface area contributed by atoms with E-state index >= 15 is 0 Å². The maximum absolute atomic E-state index is 12.2. The van der Waals surface area contributed by atoms with Gasteiger partial charge in [0.25, 0.3) is 0 Å². The average molecular weight is 284 g/mol. The Balaban J connectivity index is 2.01. The number of β-amino-alcohol motifs (C(OH)–C–C–N with tert-alkyl or cyclic N) is 1. The van der Waals surface area contributed by atoms with Crippen molar-refractivity contribution in [2.75, 3.05) is 13.1 Å². The highest BCUT2D eigenvalue weighted by atomic mass is 35.5. The number of aromatic hydroxyl groups is 1. The van der Waals surface area contributed by atoms with Crippen LogP contribution in [0.2, 0.25) is 5.02 Å². The van der Waals surface area contributed by atoms with Crippen LogP contribution in [0.3, 0.4) is 0 Å². The van der Waals surface area contributed by atoms with Crippen LogP contribution < -0.4 is 0 Å². The third kappa shape index (κ3) is 3.39. The van der Waals surface area contributed by atoms with Crippen LogP contribution in [0.1, 0.15) is 18.9 Å². The van der Waals surface area contributed by atoms with Gasteiger partial charge in [-0.25, -0.2) is 0 Å². The zero-order valence-corrected chi connectivity index (χ0v) is 11.6. The van der Waals surface area contributed by atoms with Gasteiger partial charge in [-0.3, -0.25) is 4.79 Å². The predicted octanol–water partition coefficient (Wildman–Crippen LogP) is 1.82. The number of piperidine rings is 1. The van der Waals surface area contributed by atoms with Crippen molar-refractivity contribution in [2.24, 2.45) is 5.92 Å². The quantitative estimate of drug-likeness (QED) is 0.870. The van der Waals surface area contributed by atoms with Gasteiger partial charge in [0.15, 0.2) is 0 Å². The summed E-state index contributed by atoms with van der Waals surface area (Å²) < 4.78 is 0. The lowest BCUT2D eigenvalue weighted by molar-refractivity contribution is -0.134. The fraction of sp³-hybridized carbons (Fsp3) is 0.500. The third-order valence-electron chi connectivity index (χ3n) is 3.65. The maximum Gasteiger partial charge on any atom is 0.227 e. The van der Waals surface area contributed by atoms with Crippen molar-refractivity contribution >= 4 is 17.5 Å². The third-order valence-corrected chi connectivity index (χ3v) is 4.00. The second-order valence-corrected chi connectivity index (χ2v) is 5.53. The maximum atomic E-state index is 12.2. The van der Waals surface area contributed by atoms with Gasteiger partial charge in [0.05, 0.1) is 12.5 Å². The van der Waals surface area contributed by atoms with Crippen LogP contribution in [0.25, 0.3) is 0 Å². The Bertz CT molecular complexity index is 478. The lowest BCUT2D eigenvalue weighted by Gasteiger charge is -2.34. The average Bonchev–Trinajstić information content (AvgIpc) is 2.36. The van der Waals surface area contributed by atoms with Gasteiger partial charge >= 0.3 is 0 Å². The van der Waals surface area contributed by atoms with E-state index in [4.69, 9.17) is 11.6 Å². The fourth-order valence-electron chi connectivity index (χ4n) is 2.23. The molecule has 104 valence electrons. The molecule has 1 aromatic rings. The van der Waals surface area contributed by atoms with E-state index in [1.54, 1.807) is 11.0 Å². The van der Waals surface area contributed by atoms with Crippen LogP contribution in [0.5, 0.6) is 5.75 Å². The number of phenols is 1. The minimum Gasteiger partial charge on any atom is -0.508 e. The summed E-state index contributed by atoms with van der Waals surface area (Å²) in [6.45, 7) is 3.05. The zero-order chi connectivity index (χ0) is 14.0. The summed E-state index contributed by atoms with van der Waals surface area (Å²) in [5.74, 6) is 0.281. The first-order valence-electron chi connectivity index (χ1n) is 6.40. The van der Waals surface area contributed by atoms with Gasteiger partial charge in [-0.15, -0.1) is 0 Å². The molecule has 2 rings (SSSR count). The molecule has 2 atom stereocenters. The number of hydrogen-bond donors (Lipinski definition) is 2. The number of likely N-dealkylation sites (tertiary alicyclic amines) is 1. The fourth-order valence-corrected chi connectivity index (χ4v) is 2.47. The number of phenolic OH excluding ortho intramolecular Hbond substituents is 1. The molecule has 1 aliphatic heterocycles. The summed E-state index contributed by atoms with van der Waals surface area (Å²) in [7, 11) is 0. The Morgan fingerprint density at radius 3 is 2.89 bits per heavy atom. The van der Waals surface area contributed by atoms with Crippen molar-refractivity contribution in [2.45, 2.75) is 25.9 Å². The predicted molar refractivity (Wildman–Crippen MR) is 73.2 cm³/mol. The van der Waals surface area contributed by atoms with E-state index in [9.17, 15) is 15.0 Å². The number of carbonyl (C=O) groups excluding carboxylic acids is 1. The summed E-state index contributed by atoms with van der Waals surface area (Å²) in [6, 6.07) is 4.59. The van der Waals surface area contributed by atoms with E-state index < -0.39 is 6.10 Å². The molecule has 19 heavy (non-hydrogen) atoms.